The Morgan fingerprint density at radius 3 is 2.73 bits per heavy atom. The minimum Gasteiger partial charge on any atom is -0.497 e. The van der Waals surface area contributed by atoms with E-state index in [2.05, 4.69) is 0 Å². The van der Waals surface area contributed by atoms with Crippen LogP contribution >= 0.6 is 11.8 Å². The molecule has 0 saturated carbocycles. The van der Waals surface area contributed by atoms with Gasteiger partial charge < -0.3 is 15.6 Å². The molecule has 1 aromatic carbocycles. The van der Waals surface area contributed by atoms with Gasteiger partial charge in [0.1, 0.15) is 5.75 Å². The second-order valence-corrected chi connectivity index (χ2v) is 4.19. The first kappa shape index (κ1) is 11.9. The van der Waals surface area contributed by atoms with Crippen LogP contribution in [-0.4, -0.2) is 23.6 Å². The van der Waals surface area contributed by atoms with Crippen molar-refractivity contribution in [3.8, 4) is 5.75 Å². The first-order valence-electron chi connectivity index (χ1n) is 4.34. The Hall–Kier alpha value is -1.20. The van der Waals surface area contributed by atoms with Crippen molar-refractivity contribution >= 4 is 17.7 Å². The van der Waals surface area contributed by atoms with Gasteiger partial charge in [-0.05, 0) is 30.7 Å². The summed E-state index contributed by atoms with van der Waals surface area (Å²) in [7, 11) is 1.59. The number of rotatable bonds is 4. The monoisotopic (exact) mass is 227 g/mol. The molecule has 0 heterocycles. The number of carboxylic acids is 1. The lowest BCUT2D eigenvalue weighted by Crippen LogP contribution is -2.26. The molecule has 0 aliphatic carbocycles. The van der Waals surface area contributed by atoms with Crippen LogP contribution in [0.25, 0.3) is 0 Å². The Balaban J connectivity index is 2.82. The van der Waals surface area contributed by atoms with E-state index in [1.54, 1.807) is 13.2 Å². The lowest BCUT2D eigenvalue weighted by molar-refractivity contribution is -0.136. The first-order valence-corrected chi connectivity index (χ1v) is 5.22. The molecule has 1 rings (SSSR count). The standard InChI is InChI=1S/C10H13NO3S/c1-6-5-7(14-2)3-4-8(6)15-9(11)10(12)13/h3-5,9H,11H2,1-2H3,(H,12,13). The lowest BCUT2D eigenvalue weighted by atomic mass is 10.2. The normalized spacial score (nSPS) is 12.2. The quantitative estimate of drug-likeness (QED) is 0.602. The van der Waals surface area contributed by atoms with Gasteiger partial charge in [0, 0.05) is 4.90 Å². The van der Waals surface area contributed by atoms with Crippen LogP contribution in [-0.2, 0) is 4.79 Å². The molecular formula is C10H13NO3S. The van der Waals surface area contributed by atoms with Crippen LogP contribution in [0.2, 0.25) is 0 Å². The summed E-state index contributed by atoms with van der Waals surface area (Å²) < 4.78 is 5.05. The zero-order valence-corrected chi connectivity index (χ0v) is 9.38. The summed E-state index contributed by atoms with van der Waals surface area (Å²) in [6.45, 7) is 1.89. The van der Waals surface area contributed by atoms with E-state index < -0.39 is 11.3 Å². The highest BCUT2D eigenvalue weighted by Gasteiger charge is 2.14. The Morgan fingerprint density at radius 1 is 1.60 bits per heavy atom. The second-order valence-electron chi connectivity index (χ2n) is 3.01. The zero-order valence-electron chi connectivity index (χ0n) is 8.56. The molecule has 82 valence electrons. The lowest BCUT2D eigenvalue weighted by Gasteiger charge is -2.10. The van der Waals surface area contributed by atoms with Crippen molar-refractivity contribution in [1.82, 2.24) is 0 Å². The smallest absolute Gasteiger partial charge is 0.331 e. The summed E-state index contributed by atoms with van der Waals surface area (Å²) in [5, 5.41) is 7.73. The third-order valence-corrected chi connectivity index (χ3v) is 3.05. The molecule has 0 amide bonds. The minimum atomic E-state index is -1.02. The fourth-order valence-electron chi connectivity index (χ4n) is 1.07. The van der Waals surface area contributed by atoms with Gasteiger partial charge in [0.25, 0.3) is 0 Å². The third kappa shape index (κ3) is 3.14. The van der Waals surface area contributed by atoms with Gasteiger partial charge in [0.2, 0.25) is 0 Å². The average Bonchev–Trinajstić information content (AvgIpc) is 2.20. The van der Waals surface area contributed by atoms with Crippen LogP contribution in [0, 0.1) is 6.92 Å². The van der Waals surface area contributed by atoms with E-state index in [1.165, 1.54) is 0 Å². The van der Waals surface area contributed by atoms with Crippen molar-refractivity contribution in [2.24, 2.45) is 5.73 Å². The molecule has 1 atom stereocenters. The fourth-order valence-corrected chi connectivity index (χ4v) is 1.83. The van der Waals surface area contributed by atoms with Crippen molar-refractivity contribution in [2.45, 2.75) is 17.2 Å². The van der Waals surface area contributed by atoms with Gasteiger partial charge in [-0.3, -0.25) is 0 Å². The zero-order chi connectivity index (χ0) is 11.4. The molecule has 0 aromatic heterocycles. The molecule has 0 spiro atoms. The predicted octanol–water partition coefficient (Wildman–Crippen LogP) is 1.47. The topological polar surface area (TPSA) is 72.5 Å². The minimum absolute atomic E-state index is 0.751. The van der Waals surface area contributed by atoms with Crippen LogP contribution in [0.3, 0.4) is 0 Å². The maximum absolute atomic E-state index is 10.6. The van der Waals surface area contributed by atoms with Crippen LogP contribution in [0.5, 0.6) is 5.75 Å². The number of carboxylic acid groups (broad SMARTS) is 1. The van der Waals surface area contributed by atoms with Gasteiger partial charge in [0.15, 0.2) is 5.37 Å². The largest absolute Gasteiger partial charge is 0.497 e. The molecular weight excluding hydrogens is 214 g/mol. The van der Waals surface area contributed by atoms with Crippen molar-refractivity contribution < 1.29 is 14.6 Å². The second kappa shape index (κ2) is 5.04. The van der Waals surface area contributed by atoms with E-state index in [4.69, 9.17) is 15.6 Å². The van der Waals surface area contributed by atoms with Crippen LogP contribution in [0.4, 0.5) is 0 Å². The maximum atomic E-state index is 10.6. The van der Waals surface area contributed by atoms with E-state index in [1.807, 2.05) is 19.1 Å². The Morgan fingerprint density at radius 2 is 2.27 bits per heavy atom. The number of methoxy groups -OCH3 is 1. The maximum Gasteiger partial charge on any atom is 0.331 e. The molecule has 0 fully saturated rings. The molecule has 0 bridgehead atoms. The van der Waals surface area contributed by atoms with Crippen LogP contribution in [0.1, 0.15) is 5.56 Å². The first-order chi connectivity index (χ1) is 7.04. The fraction of sp³-hybridized carbons (Fsp3) is 0.300. The molecule has 1 aromatic rings. The van der Waals surface area contributed by atoms with Crippen molar-refractivity contribution in [2.75, 3.05) is 7.11 Å². The van der Waals surface area contributed by atoms with Crippen LogP contribution < -0.4 is 10.5 Å². The molecule has 5 heteroatoms. The summed E-state index contributed by atoms with van der Waals surface area (Å²) in [4.78, 5) is 11.4. The summed E-state index contributed by atoms with van der Waals surface area (Å²) in [5.41, 5.74) is 6.37. The molecule has 15 heavy (non-hydrogen) atoms. The van der Waals surface area contributed by atoms with E-state index in [9.17, 15) is 4.79 Å². The van der Waals surface area contributed by atoms with E-state index in [0.717, 1.165) is 28.0 Å². The van der Waals surface area contributed by atoms with Crippen LogP contribution in [0.15, 0.2) is 23.1 Å². The van der Waals surface area contributed by atoms with Gasteiger partial charge in [0.05, 0.1) is 7.11 Å². The van der Waals surface area contributed by atoms with Crippen molar-refractivity contribution in [1.29, 1.82) is 0 Å². The number of thioether (sulfide) groups is 1. The van der Waals surface area contributed by atoms with Gasteiger partial charge >= 0.3 is 5.97 Å². The molecule has 0 radical (unpaired) electrons. The molecule has 1 unspecified atom stereocenters. The summed E-state index contributed by atoms with van der Waals surface area (Å²) in [5.74, 6) is -0.268. The number of hydrogen-bond acceptors (Lipinski definition) is 4. The molecule has 0 aliphatic rings. The van der Waals surface area contributed by atoms with Gasteiger partial charge in [-0.2, -0.15) is 0 Å². The highest BCUT2D eigenvalue weighted by atomic mass is 32.2. The Bertz CT molecular complexity index is 368. The molecule has 3 N–H and O–H groups in total. The highest BCUT2D eigenvalue weighted by Crippen LogP contribution is 2.27. The van der Waals surface area contributed by atoms with Gasteiger partial charge in [-0.15, -0.1) is 0 Å². The predicted molar refractivity (Wildman–Crippen MR) is 59.2 cm³/mol. The average molecular weight is 227 g/mol. The highest BCUT2D eigenvalue weighted by molar-refractivity contribution is 8.00. The number of aliphatic carboxylic acids is 1. The molecule has 4 nitrogen and oxygen atoms in total. The van der Waals surface area contributed by atoms with Crippen molar-refractivity contribution in [3.63, 3.8) is 0 Å². The van der Waals surface area contributed by atoms with Gasteiger partial charge in [-0.25, -0.2) is 4.79 Å². The summed E-state index contributed by atoms with van der Waals surface area (Å²) in [6, 6.07) is 5.43. The van der Waals surface area contributed by atoms with E-state index in [-0.39, 0.29) is 0 Å². The number of nitrogens with two attached hydrogens (primary N) is 1. The van der Waals surface area contributed by atoms with E-state index >= 15 is 0 Å². The Labute approximate surface area is 92.4 Å². The number of ether oxygens (including phenoxy) is 1. The summed E-state index contributed by atoms with van der Waals surface area (Å²) >= 11 is 1.12. The number of hydrogen-bond donors (Lipinski definition) is 2. The number of benzene rings is 1. The molecule has 0 saturated heterocycles. The SMILES string of the molecule is COc1ccc(SC(N)C(=O)O)c(C)c1. The Kier molecular flexibility index (Phi) is 3.99. The van der Waals surface area contributed by atoms with Gasteiger partial charge in [-0.1, -0.05) is 11.8 Å². The number of aryl methyl sites for hydroxylation is 1. The number of carbonyl (C=O) groups is 1. The summed E-state index contributed by atoms with van der Waals surface area (Å²) in [6.07, 6.45) is 0. The third-order valence-electron chi connectivity index (χ3n) is 1.88. The molecule has 0 aliphatic heterocycles. The van der Waals surface area contributed by atoms with E-state index in [0.29, 0.717) is 0 Å². The van der Waals surface area contributed by atoms with Crippen molar-refractivity contribution in [3.05, 3.63) is 23.8 Å².